The average Bonchev–Trinajstić information content (AvgIpc) is 2.76. The summed E-state index contributed by atoms with van der Waals surface area (Å²) in [5.74, 6) is -1.02. The van der Waals surface area contributed by atoms with Crippen LogP contribution in [0.1, 0.15) is 16.1 Å². The van der Waals surface area contributed by atoms with Gasteiger partial charge in [0.1, 0.15) is 5.69 Å². The predicted molar refractivity (Wildman–Crippen MR) is 66.6 cm³/mol. The molecule has 18 heavy (non-hydrogen) atoms. The molecule has 0 unspecified atom stereocenters. The number of hydrogen-bond donors (Lipinski definition) is 2. The zero-order valence-corrected chi connectivity index (χ0v) is 10.00. The lowest BCUT2D eigenvalue weighted by atomic mass is 10.2. The zero-order valence-electron chi connectivity index (χ0n) is 10.00. The van der Waals surface area contributed by atoms with Crippen molar-refractivity contribution in [1.82, 2.24) is 14.8 Å². The molecule has 2 N–H and O–H groups in total. The number of carboxylic acid groups (broad SMARTS) is 1. The Bertz CT molecular complexity index is 533. The van der Waals surface area contributed by atoms with Gasteiger partial charge in [0.25, 0.3) is 0 Å². The maximum Gasteiger partial charge on any atom is 0.354 e. The van der Waals surface area contributed by atoms with Crippen molar-refractivity contribution in [2.24, 2.45) is 7.05 Å². The van der Waals surface area contributed by atoms with E-state index in [1.165, 1.54) is 12.3 Å². The van der Waals surface area contributed by atoms with Crippen molar-refractivity contribution in [2.45, 2.75) is 6.42 Å². The second-order valence-corrected chi connectivity index (χ2v) is 3.94. The Morgan fingerprint density at radius 2 is 2.28 bits per heavy atom. The van der Waals surface area contributed by atoms with Crippen molar-refractivity contribution < 1.29 is 9.90 Å². The lowest BCUT2D eigenvalue weighted by Crippen LogP contribution is -2.06. The van der Waals surface area contributed by atoms with Crippen molar-refractivity contribution in [2.75, 3.05) is 11.9 Å². The SMILES string of the molecule is Cn1cc(CCNc2ccc(C(=O)O)nc2)cn1. The molecule has 0 aliphatic carbocycles. The lowest BCUT2D eigenvalue weighted by molar-refractivity contribution is 0.0690. The number of aryl methyl sites for hydroxylation is 1. The molecule has 0 spiro atoms. The van der Waals surface area contributed by atoms with E-state index >= 15 is 0 Å². The summed E-state index contributed by atoms with van der Waals surface area (Å²) in [6, 6.07) is 3.19. The van der Waals surface area contributed by atoms with Crippen LogP contribution in [0.4, 0.5) is 5.69 Å². The Kier molecular flexibility index (Phi) is 3.57. The van der Waals surface area contributed by atoms with E-state index in [2.05, 4.69) is 15.4 Å². The number of anilines is 1. The fourth-order valence-corrected chi connectivity index (χ4v) is 1.58. The zero-order chi connectivity index (χ0) is 13.0. The van der Waals surface area contributed by atoms with Gasteiger partial charge in [-0.2, -0.15) is 5.10 Å². The highest BCUT2D eigenvalue weighted by molar-refractivity contribution is 5.85. The van der Waals surface area contributed by atoms with Crippen LogP contribution in [0.3, 0.4) is 0 Å². The van der Waals surface area contributed by atoms with Gasteiger partial charge in [0.05, 0.1) is 18.1 Å². The monoisotopic (exact) mass is 246 g/mol. The first-order valence-electron chi connectivity index (χ1n) is 5.56. The molecule has 0 atom stereocenters. The van der Waals surface area contributed by atoms with Crippen molar-refractivity contribution in [3.8, 4) is 0 Å². The van der Waals surface area contributed by atoms with E-state index in [4.69, 9.17) is 5.11 Å². The van der Waals surface area contributed by atoms with E-state index < -0.39 is 5.97 Å². The number of carbonyl (C=O) groups is 1. The first kappa shape index (κ1) is 12.1. The largest absolute Gasteiger partial charge is 0.477 e. The third-order valence-corrected chi connectivity index (χ3v) is 2.48. The van der Waals surface area contributed by atoms with E-state index in [1.807, 2.05) is 19.4 Å². The second-order valence-electron chi connectivity index (χ2n) is 3.94. The van der Waals surface area contributed by atoms with Crippen LogP contribution in [0, 0.1) is 0 Å². The number of hydrogen-bond acceptors (Lipinski definition) is 4. The topological polar surface area (TPSA) is 80.0 Å². The van der Waals surface area contributed by atoms with Gasteiger partial charge >= 0.3 is 5.97 Å². The van der Waals surface area contributed by atoms with Crippen LogP contribution < -0.4 is 5.32 Å². The maximum atomic E-state index is 10.6. The summed E-state index contributed by atoms with van der Waals surface area (Å²) >= 11 is 0. The Balaban J connectivity index is 1.85. The van der Waals surface area contributed by atoms with Gasteiger partial charge in [-0.3, -0.25) is 4.68 Å². The smallest absolute Gasteiger partial charge is 0.354 e. The van der Waals surface area contributed by atoms with E-state index in [0.717, 1.165) is 24.2 Å². The summed E-state index contributed by atoms with van der Waals surface area (Å²) in [7, 11) is 1.88. The molecule has 2 aromatic heterocycles. The minimum atomic E-state index is -1.02. The van der Waals surface area contributed by atoms with Crippen LogP contribution in [0.5, 0.6) is 0 Å². The molecule has 6 heteroatoms. The molecule has 2 aromatic rings. The van der Waals surface area contributed by atoms with Crippen LogP contribution >= 0.6 is 0 Å². The van der Waals surface area contributed by atoms with Crippen molar-refractivity contribution in [3.63, 3.8) is 0 Å². The van der Waals surface area contributed by atoms with E-state index in [9.17, 15) is 4.79 Å². The minimum absolute atomic E-state index is 0.0489. The predicted octanol–water partition coefficient (Wildman–Crippen LogP) is 1.17. The summed E-state index contributed by atoms with van der Waals surface area (Å²) < 4.78 is 1.76. The highest BCUT2D eigenvalue weighted by atomic mass is 16.4. The first-order chi connectivity index (χ1) is 8.65. The molecule has 94 valence electrons. The summed E-state index contributed by atoms with van der Waals surface area (Å²) in [6.07, 6.45) is 6.17. The second kappa shape index (κ2) is 5.31. The summed E-state index contributed by atoms with van der Waals surface area (Å²) in [4.78, 5) is 14.5. The summed E-state index contributed by atoms with van der Waals surface area (Å²) in [5, 5.41) is 16.0. The van der Waals surface area contributed by atoms with Crippen molar-refractivity contribution >= 4 is 11.7 Å². The van der Waals surface area contributed by atoms with Gasteiger partial charge < -0.3 is 10.4 Å². The molecular weight excluding hydrogens is 232 g/mol. The number of nitrogens with zero attached hydrogens (tertiary/aromatic N) is 3. The molecule has 0 radical (unpaired) electrons. The number of aromatic nitrogens is 3. The molecule has 0 aliphatic rings. The molecule has 0 saturated heterocycles. The lowest BCUT2D eigenvalue weighted by Gasteiger charge is -2.04. The number of pyridine rings is 1. The highest BCUT2D eigenvalue weighted by Crippen LogP contribution is 2.06. The van der Waals surface area contributed by atoms with E-state index in [1.54, 1.807) is 10.7 Å². The Labute approximate surface area is 104 Å². The molecule has 0 bridgehead atoms. The fourth-order valence-electron chi connectivity index (χ4n) is 1.58. The molecule has 0 fully saturated rings. The molecule has 6 nitrogen and oxygen atoms in total. The Morgan fingerprint density at radius 1 is 1.44 bits per heavy atom. The quantitative estimate of drug-likeness (QED) is 0.827. The molecule has 2 heterocycles. The van der Waals surface area contributed by atoms with Gasteiger partial charge in [0, 0.05) is 19.8 Å². The maximum absolute atomic E-state index is 10.6. The van der Waals surface area contributed by atoms with E-state index in [0.29, 0.717) is 0 Å². The first-order valence-corrected chi connectivity index (χ1v) is 5.56. The Morgan fingerprint density at radius 3 is 2.83 bits per heavy atom. The van der Waals surface area contributed by atoms with Gasteiger partial charge in [0.15, 0.2) is 0 Å². The van der Waals surface area contributed by atoms with Crippen LogP contribution in [-0.4, -0.2) is 32.4 Å². The summed E-state index contributed by atoms with van der Waals surface area (Å²) in [6.45, 7) is 0.750. The minimum Gasteiger partial charge on any atom is -0.477 e. The third kappa shape index (κ3) is 3.07. The van der Waals surface area contributed by atoms with Crippen LogP contribution in [0.2, 0.25) is 0 Å². The van der Waals surface area contributed by atoms with Gasteiger partial charge in [-0.05, 0) is 24.1 Å². The van der Waals surface area contributed by atoms with Gasteiger partial charge in [-0.1, -0.05) is 0 Å². The molecular formula is C12H14N4O2. The summed E-state index contributed by atoms with van der Waals surface area (Å²) in [5.41, 5.74) is 2.01. The number of rotatable bonds is 5. The number of aromatic carboxylic acids is 1. The normalized spacial score (nSPS) is 10.3. The molecule has 0 saturated carbocycles. The number of carboxylic acids is 1. The van der Waals surface area contributed by atoms with E-state index in [-0.39, 0.29) is 5.69 Å². The van der Waals surface area contributed by atoms with Crippen LogP contribution in [-0.2, 0) is 13.5 Å². The van der Waals surface area contributed by atoms with Crippen LogP contribution in [0.25, 0.3) is 0 Å². The molecule has 2 rings (SSSR count). The van der Waals surface area contributed by atoms with Crippen molar-refractivity contribution in [1.29, 1.82) is 0 Å². The highest BCUT2D eigenvalue weighted by Gasteiger charge is 2.03. The molecule has 0 aliphatic heterocycles. The standard InChI is InChI=1S/C12H14N4O2/c1-16-8-9(6-15-16)4-5-13-10-2-3-11(12(17)18)14-7-10/h2-3,6-8,13H,4-5H2,1H3,(H,17,18). The fraction of sp³-hybridized carbons (Fsp3) is 0.250. The van der Waals surface area contributed by atoms with Gasteiger partial charge in [-0.15, -0.1) is 0 Å². The average molecular weight is 246 g/mol. The number of nitrogens with one attached hydrogen (secondary N) is 1. The Hall–Kier alpha value is -2.37. The van der Waals surface area contributed by atoms with Crippen molar-refractivity contribution in [3.05, 3.63) is 42.0 Å². The van der Waals surface area contributed by atoms with Gasteiger partial charge in [0.2, 0.25) is 0 Å². The van der Waals surface area contributed by atoms with Gasteiger partial charge in [-0.25, -0.2) is 9.78 Å². The molecule has 0 aromatic carbocycles. The molecule has 0 amide bonds. The third-order valence-electron chi connectivity index (χ3n) is 2.48. The van der Waals surface area contributed by atoms with Crippen LogP contribution in [0.15, 0.2) is 30.7 Å².